The largest absolute Gasteiger partial charge is 0.348 e. The van der Waals surface area contributed by atoms with Crippen molar-refractivity contribution in [3.8, 4) is 0 Å². The van der Waals surface area contributed by atoms with Gasteiger partial charge in [-0.05, 0) is 12.2 Å². The fourth-order valence-corrected chi connectivity index (χ4v) is 2.53. The average Bonchev–Trinajstić information content (AvgIpc) is 2.08. The average molecular weight is 220 g/mol. The zero-order valence-electron chi connectivity index (χ0n) is 6.59. The first kappa shape index (κ1) is 9.09. The molecule has 2 unspecified atom stereocenters. The van der Waals surface area contributed by atoms with Crippen molar-refractivity contribution >= 4 is 29.3 Å². The van der Waals surface area contributed by atoms with Crippen molar-refractivity contribution in [2.24, 2.45) is 0 Å². The molecule has 1 aliphatic heterocycles. The van der Waals surface area contributed by atoms with Crippen molar-refractivity contribution in [3.63, 3.8) is 0 Å². The summed E-state index contributed by atoms with van der Waals surface area (Å²) in [4.78, 5) is 11.0. The predicted octanol–water partition coefficient (Wildman–Crippen LogP) is 1.58. The van der Waals surface area contributed by atoms with E-state index in [4.69, 9.17) is 11.6 Å². The quantitative estimate of drug-likeness (QED) is 0.670. The minimum Gasteiger partial charge on any atom is -0.348 e. The maximum Gasteiger partial charge on any atom is 0.230 e. The van der Waals surface area contributed by atoms with Crippen LogP contribution in [-0.4, -0.2) is 23.0 Å². The van der Waals surface area contributed by atoms with Crippen LogP contribution in [-0.2, 0) is 4.79 Å². The molecule has 0 spiro atoms. The number of amides is 1. The normalized spacial score (nSPS) is 32.9. The third-order valence-electron chi connectivity index (χ3n) is 1.95. The number of hydrogen-bond acceptors (Lipinski definition) is 2. The number of carbonyl (C=O) groups excluding carboxylic acids is 1. The van der Waals surface area contributed by atoms with E-state index in [2.05, 4.69) is 5.32 Å². The van der Waals surface area contributed by atoms with Crippen molar-refractivity contribution < 1.29 is 9.18 Å². The van der Waals surface area contributed by atoms with E-state index in [0.717, 1.165) is 0 Å². The number of thioether (sulfide) groups is 1. The van der Waals surface area contributed by atoms with Gasteiger partial charge in [-0.1, -0.05) is 11.6 Å². The highest BCUT2D eigenvalue weighted by Gasteiger charge is 2.30. The topological polar surface area (TPSA) is 29.1 Å². The molecule has 1 aliphatic carbocycles. The van der Waals surface area contributed by atoms with Crippen LogP contribution in [0.5, 0.6) is 0 Å². The number of nitrogens with one attached hydrogen (secondary N) is 1. The molecule has 2 rings (SSSR count). The third-order valence-corrected chi connectivity index (χ3v) is 3.50. The van der Waals surface area contributed by atoms with E-state index in [1.54, 1.807) is 6.08 Å². The van der Waals surface area contributed by atoms with Crippen LogP contribution in [0.1, 0.15) is 0 Å². The summed E-state index contributed by atoms with van der Waals surface area (Å²) in [5.74, 6) is -0.0367. The van der Waals surface area contributed by atoms with Gasteiger partial charge in [-0.15, -0.1) is 11.8 Å². The highest BCUT2D eigenvalue weighted by Crippen LogP contribution is 2.31. The van der Waals surface area contributed by atoms with E-state index in [1.165, 1.54) is 17.8 Å². The lowest BCUT2D eigenvalue weighted by Gasteiger charge is -2.30. The smallest absolute Gasteiger partial charge is 0.230 e. The van der Waals surface area contributed by atoms with E-state index in [1.807, 2.05) is 0 Å². The van der Waals surface area contributed by atoms with Gasteiger partial charge >= 0.3 is 0 Å². The zero-order valence-corrected chi connectivity index (χ0v) is 8.16. The highest BCUT2D eigenvalue weighted by molar-refractivity contribution is 8.00. The molecule has 0 aromatic carbocycles. The predicted molar refractivity (Wildman–Crippen MR) is 51.3 cm³/mol. The number of fused-ring (bicyclic) bond motifs is 1. The van der Waals surface area contributed by atoms with Gasteiger partial charge in [0.2, 0.25) is 5.91 Å². The molecule has 0 saturated carbocycles. The second kappa shape index (κ2) is 3.35. The Hall–Kier alpha value is -0.480. The number of carbonyl (C=O) groups is 1. The Morgan fingerprint density at radius 3 is 3.15 bits per heavy atom. The molecule has 0 bridgehead atoms. The van der Waals surface area contributed by atoms with E-state index < -0.39 is 5.83 Å². The first-order valence-electron chi connectivity index (χ1n) is 3.83. The van der Waals surface area contributed by atoms with Crippen LogP contribution < -0.4 is 5.32 Å². The summed E-state index contributed by atoms with van der Waals surface area (Å²) in [6.45, 7) is 0. The van der Waals surface area contributed by atoms with Crippen molar-refractivity contribution in [2.45, 2.75) is 11.3 Å². The Bertz CT molecular complexity index is 315. The molecule has 5 heteroatoms. The van der Waals surface area contributed by atoms with Crippen LogP contribution in [0.4, 0.5) is 4.39 Å². The Balaban J connectivity index is 2.21. The fourth-order valence-electron chi connectivity index (χ4n) is 1.33. The molecule has 0 aromatic rings. The SMILES string of the molecule is O=C1CSC2C=C(F)C(Cl)=CC2N1. The molecule has 13 heavy (non-hydrogen) atoms. The number of halogens is 2. The van der Waals surface area contributed by atoms with Gasteiger partial charge < -0.3 is 5.32 Å². The lowest BCUT2D eigenvalue weighted by atomic mass is 10.1. The minimum atomic E-state index is -0.397. The summed E-state index contributed by atoms with van der Waals surface area (Å²) in [6, 6.07) is -0.154. The standard InChI is InChI=1S/C8H7ClFNOS/c9-4-1-6-7(2-5(4)10)13-3-8(12)11-6/h1-2,6-7H,3H2,(H,11,12). The van der Waals surface area contributed by atoms with Crippen molar-refractivity contribution in [1.29, 1.82) is 0 Å². The summed E-state index contributed by atoms with van der Waals surface area (Å²) >= 11 is 7.02. The molecule has 70 valence electrons. The summed E-state index contributed by atoms with van der Waals surface area (Å²) in [7, 11) is 0. The molecule has 0 aromatic heterocycles. The molecular formula is C8H7ClFNOS. The van der Waals surface area contributed by atoms with Gasteiger partial charge in [-0.3, -0.25) is 4.79 Å². The van der Waals surface area contributed by atoms with E-state index >= 15 is 0 Å². The van der Waals surface area contributed by atoms with Crippen LogP contribution in [0.2, 0.25) is 0 Å². The van der Waals surface area contributed by atoms with Gasteiger partial charge in [0.1, 0.15) is 5.83 Å². The van der Waals surface area contributed by atoms with Gasteiger partial charge in [0, 0.05) is 0 Å². The Labute approximate surface area is 84.2 Å². The summed E-state index contributed by atoms with van der Waals surface area (Å²) in [5.41, 5.74) is 0. The molecule has 2 nitrogen and oxygen atoms in total. The monoisotopic (exact) mass is 219 g/mol. The molecule has 1 saturated heterocycles. The first-order valence-corrected chi connectivity index (χ1v) is 5.25. The number of allylic oxidation sites excluding steroid dienone is 2. The maximum absolute atomic E-state index is 13.0. The second-order valence-electron chi connectivity index (χ2n) is 2.90. The van der Waals surface area contributed by atoms with Crippen LogP contribution in [0.15, 0.2) is 23.0 Å². The summed E-state index contributed by atoms with van der Waals surface area (Å²) < 4.78 is 13.0. The second-order valence-corrected chi connectivity index (χ2v) is 4.47. The minimum absolute atomic E-state index is 0.0137. The lowest BCUT2D eigenvalue weighted by molar-refractivity contribution is -0.119. The first-order chi connectivity index (χ1) is 6.16. The van der Waals surface area contributed by atoms with Gasteiger partial charge in [0.05, 0.1) is 22.1 Å². The van der Waals surface area contributed by atoms with Crippen molar-refractivity contribution in [1.82, 2.24) is 5.32 Å². The van der Waals surface area contributed by atoms with Crippen molar-refractivity contribution in [2.75, 3.05) is 5.75 Å². The van der Waals surface area contributed by atoms with E-state index in [9.17, 15) is 9.18 Å². The Morgan fingerprint density at radius 1 is 1.62 bits per heavy atom. The molecule has 1 N–H and O–H groups in total. The molecule has 0 radical (unpaired) electrons. The Kier molecular flexibility index (Phi) is 2.34. The molecular weight excluding hydrogens is 213 g/mol. The van der Waals surface area contributed by atoms with Crippen LogP contribution in [0.25, 0.3) is 0 Å². The van der Waals surface area contributed by atoms with Crippen LogP contribution >= 0.6 is 23.4 Å². The van der Waals surface area contributed by atoms with Gasteiger partial charge in [-0.25, -0.2) is 4.39 Å². The van der Waals surface area contributed by atoms with Crippen LogP contribution in [0, 0.1) is 0 Å². The summed E-state index contributed by atoms with van der Waals surface area (Å²) in [6.07, 6.45) is 3.00. The number of hydrogen-bond donors (Lipinski definition) is 1. The fraction of sp³-hybridized carbons (Fsp3) is 0.375. The lowest BCUT2D eigenvalue weighted by Crippen LogP contribution is -2.46. The van der Waals surface area contributed by atoms with E-state index in [0.29, 0.717) is 5.75 Å². The Morgan fingerprint density at radius 2 is 2.38 bits per heavy atom. The summed E-state index contributed by atoms with van der Waals surface area (Å²) in [5, 5.41) is 2.81. The van der Waals surface area contributed by atoms with Gasteiger partial charge in [0.25, 0.3) is 0 Å². The van der Waals surface area contributed by atoms with Gasteiger partial charge in [0.15, 0.2) is 0 Å². The molecule has 1 fully saturated rings. The third kappa shape index (κ3) is 1.74. The molecule has 1 heterocycles. The number of rotatable bonds is 0. The molecule has 2 aliphatic rings. The zero-order chi connectivity index (χ0) is 9.42. The van der Waals surface area contributed by atoms with E-state index in [-0.39, 0.29) is 22.2 Å². The van der Waals surface area contributed by atoms with Gasteiger partial charge in [-0.2, -0.15) is 0 Å². The van der Waals surface area contributed by atoms with Crippen LogP contribution in [0.3, 0.4) is 0 Å². The molecule has 2 atom stereocenters. The van der Waals surface area contributed by atoms with Crippen molar-refractivity contribution in [3.05, 3.63) is 23.0 Å². The highest BCUT2D eigenvalue weighted by atomic mass is 35.5. The molecule has 1 amide bonds. The maximum atomic E-state index is 13.0.